The summed E-state index contributed by atoms with van der Waals surface area (Å²) in [5, 5.41) is 1.84. The fraction of sp³-hybridized carbons (Fsp3) is 0.286. The molecule has 10 heavy (non-hydrogen) atoms. The molecule has 0 N–H and O–H groups in total. The smallest absolute Gasteiger partial charge is 0.168 e. The Morgan fingerprint density at radius 3 is 2.70 bits per heavy atom. The molecule has 0 aliphatic heterocycles. The molecule has 1 aromatic rings. The monoisotopic (exact) mass is 138 g/mol. The topological polar surface area (TPSA) is 25.2 Å². The summed E-state index contributed by atoms with van der Waals surface area (Å²) in [6, 6.07) is 3.61. The van der Waals surface area contributed by atoms with Gasteiger partial charge in [-0.25, -0.2) is 0 Å². The highest BCUT2D eigenvalue weighted by molar-refractivity contribution is 5.72. The van der Waals surface area contributed by atoms with Gasteiger partial charge in [-0.2, -0.15) is 0 Å². The normalized spacial score (nSPS) is 9.40. The maximum Gasteiger partial charge on any atom is 0.168 e. The van der Waals surface area contributed by atoms with Crippen molar-refractivity contribution in [1.29, 1.82) is 0 Å². The molecule has 1 aromatic heterocycles. The van der Waals surface area contributed by atoms with E-state index in [1.807, 2.05) is 31.4 Å². The lowest BCUT2D eigenvalue weighted by Gasteiger charge is -2.15. The van der Waals surface area contributed by atoms with Crippen LogP contribution >= 0.6 is 0 Å². The molecule has 0 aromatic carbocycles. The van der Waals surface area contributed by atoms with Crippen molar-refractivity contribution in [2.75, 3.05) is 19.1 Å². The van der Waals surface area contributed by atoms with Crippen LogP contribution in [0.3, 0.4) is 0 Å². The zero-order chi connectivity index (χ0) is 7.56. The second-order valence-electron chi connectivity index (χ2n) is 2.24. The summed E-state index contributed by atoms with van der Waals surface area (Å²) < 4.78 is 1.77. The molecule has 0 bridgehead atoms. The number of rotatable bonds is 2. The second kappa shape index (κ2) is 2.56. The highest BCUT2D eigenvalue weighted by atomic mass is 16.1. The lowest BCUT2D eigenvalue weighted by Crippen LogP contribution is -2.25. The van der Waals surface area contributed by atoms with Crippen LogP contribution in [-0.2, 0) is 0 Å². The first kappa shape index (κ1) is 6.86. The number of nitrogens with zero attached hydrogens (tertiary/aromatic N) is 2. The van der Waals surface area contributed by atoms with E-state index in [2.05, 4.69) is 0 Å². The molecule has 0 unspecified atom stereocenters. The summed E-state index contributed by atoms with van der Waals surface area (Å²) in [4.78, 5) is 10.3. The number of hydrogen-bond acceptors (Lipinski definition) is 2. The van der Waals surface area contributed by atoms with E-state index in [0.29, 0.717) is 5.69 Å². The number of carbonyl (C=O) groups is 1. The van der Waals surface area contributed by atoms with Crippen molar-refractivity contribution in [2.24, 2.45) is 0 Å². The van der Waals surface area contributed by atoms with E-state index in [4.69, 9.17) is 0 Å². The maximum absolute atomic E-state index is 10.3. The number of carbonyl (C=O) groups excluding carboxylic acids is 1. The molecule has 54 valence electrons. The van der Waals surface area contributed by atoms with Gasteiger partial charge in [-0.05, 0) is 12.1 Å². The van der Waals surface area contributed by atoms with Crippen LogP contribution in [0.1, 0.15) is 10.5 Å². The molecule has 0 fully saturated rings. The van der Waals surface area contributed by atoms with Gasteiger partial charge in [0.15, 0.2) is 6.29 Å². The van der Waals surface area contributed by atoms with Crippen molar-refractivity contribution in [3.05, 3.63) is 24.0 Å². The molecule has 1 heterocycles. The lowest BCUT2D eigenvalue weighted by molar-refractivity contribution is 0.111. The SMILES string of the molecule is CN(C)n1cccc1C=O. The first-order chi connectivity index (χ1) is 4.75. The van der Waals surface area contributed by atoms with Gasteiger partial charge in [0.25, 0.3) is 0 Å². The van der Waals surface area contributed by atoms with Gasteiger partial charge in [0.1, 0.15) is 5.69 Å². The van der Waals surface area contributed by atoms with Crippen molar-refractivity contribution in [3.63, 3.8) is 0 Å². The fourth-order valence-electron chi connectivity index (χ4n) is 0.843. The van der Waals surface area contributed by atoms with Crippen LogP contribution in [0.4, 0.5) is 0 Å². The Labute approximate surface area is 59.8 Å². The molecule has 0 saturated carbocycles. The van der Waals surface area contributed by atoms with Gasteiger partial charge in [-0.3, -0.25) is 9.47 Å². The molecule has 0 radical (unpaired) electrons. The average Bonchev–Trinajstić information content (AvgIpc) is 2.33. The van der Waals surface area contributed by atoms with Crippen LogP contribution in [0.2, 0.25) is 0 Å². The van der Waals surface area contributed by atoms with Gasteiger partial charge >= 0.3 is 0 Å². The summed E-state index contributed by atoms with van der Waals surface area (Å²) in [6.45, 7) is 0. The van der Waals surface area contributed by atoms with Crippen LogP contribution in [0.25, 0.3) is 0 Å². The molecule has 1 rings (SSSR count). The summed E-state index contributed by atoms with van der Waals surface area (Å²) in [7, 11) is 3.76. The number of aldehydes is 1. The molecule has 0 spiro atoms. The zero-order valence-electron chi connectivity index (χ0n) is 6.11. The highest BCUT2D eigenvalue weighted by Crippen LogP contribution is 1.96. The third-order valence-corrected chi connectivity index (χ3v) is 1.31. The van der Waals surface area contributed by atoms with Crippen molar-refractivity contribution in [2.45, 2.75) is 0 Å². The van der Waals surface area contributed by atoms with Gasteiger partial charge in [-0.15, -0.1) is 0 Å². The van der Waals surface area contributed by atoms with E-state index in [0.717, 1.165) is 6.29 Å². The highest BCUT2D eigenvalue weighted by Gasteiger charge is 1.97. The van der Waals surface area contributed by atoms with Gasteiger partial charge < -0.3 is 5.01 Å². The summed E-state index contributed by atoms with van der Waals surface area (Å²) in [5.41, 5.74) is 0.671. The Bertz CT molecular complexity index is 227. The molecule has 0 saturated heterocycles. The van der Waals surface area contributed by atoms with E-state index < -0.39 is 0 Å². The number of aromatic nitrogens is 1. The molecule has 0 atom stereocenters. The van der Waals surface area contributed by atoms with Crippen molar-refractivity contribution < 1.29 is 4.79 Å². The van der Waals surface area contributed by atoms with Crippen molar-refractivity contribution in [1.82, 2.24) is 4.68 Å². The summed E-state index contributed by atoms with van der Waals surface area (Å²) >= 11 is 0. The van der Waals surface area contributed by atoms with Gasteiger partial charge in [-0.1, -0.05) is 0 Å². The Balaban J connectivity index is 3.01. The largest absolute Gasteiger partial charge is 0.319 e. The molecule has 3 heteroatoms. The van der Waals surface area contributed by atoms with Crippen LogP contribution in [0, 0.1) is 0 Å². The van der Waals surface area contributed by atoms with E-state index in [-0.39, 0.29) is 0 Å². The molecule has 3 nitrogen and oxygen atoms in total. The fourth-order valence-corrected chi connectivity index (χ4v) is 0.843. The summed E-state index contributed by atoms with van der Waals surface area (Å²) in [6.07, 6.45) is 2.67. The lowest BCUT2D eigenvalue weighted by atomic mass is 10.5. The minimum Gasteiger partial charge on any atom is -0.319 e. The standard InChI is InChI=1S/C7H10N2O/c1-8(2)9-5-3-4-7(9)6-10/h3-6H,1-2H3. The number of hydrogen-bond donors (Lipinski definition) is 0. The Morgan fingerprint density at radius 1 is 1.60 bits per heavy atom. The van der Waals surface area contributed by atoms with E-state index in [9.17, 15) is 4.79 Å². The second-order valence-corrected chi connectivity index (χ2v) is 2.24. The molecular formula is C7H10N2O. The van der Waals surface area contributed by atoms with Crippen LogP contribution in [-0.4, -0.2) is 25.1 Å². The van der Waals surface area contributed by atoms with Gasteiger partial charge in [0, 0.05) is 20.3 Å². The summed E-state index contributed by atoms with van der Waals surface area (Å²) in [5.74, 6) is 0. The molecular weight excluding hydrogens is 128 g/mol. The van der Waals surface area contributed by atoms with Crippen LogP contribution in [0.5, 0.6) is 0 Å². The third-order valence-electron chi connectivity index (χ3n) is 1.31. The van der Waals surface area contributed by atoms with Gasteiger partial charge in [0.2, 0.25) is 0 Å². The Morgan fingerprint density at radius 2 is 2.30 bits per heavy atom. The maximum atomic E-state index is 10.3. The minimum atomic E-state index is 0.671. The predicted octanol–water partition coefficient (Wildman–Crippen LogP) is 0.498. The first-order valence-electron chi connectivity index (χ1n) is 3.06. The zero-order valence-corrected chi connectivity index (χ0v) is 6.11. The van der Waals surface area contributed by atoms with E-state index >= 15 is 0 Å². The Hall–Kier alpha value is -1.25. The average molecular weight is 138 g/mol. The van der Waals surface area contributed by atoms with Crippen molar-refractivity contribution in [3.8, 4) is 0 Å². The van der Waals surface area contributed by atoms with Crippen molar-refractivity contribution >= 4 is 6.29 Å². The molecule has 0 aliphatic rings. The van der Waals surface area contributed by atoms with Crippen LogP contribution < -0.4 is 5.01 Å². The van der Waals surface area contributed by atoms with E-state index in [1.54, 1.807) is 10.7 Å². The Kier molecular flexibility index (Phi) is 1.76. The first-order valence-corrected chi connectivity index (χ1v) is 3.06. The molecule has 0 amide bonds. The predicted molar refractivity (Wildman–Crippen MR) is 39.9 cm³/mol. The molecule has 0 aliphatic carbocycles. The quantitative estimate of drug-likeness (QED) is 0.556. The van der Waals surface area contributed by atoms with E-state index in [1.165, 1.54) is 0 Å². The minimum absolute atomic E-state index is 0.671. The van der Waals surface area contributed by atoms with Crippen LogP contribution in [0.15, 0.2) is 18.3 Å². The van der Waals surface area contributed by atoms with Gasteiger partial charge in [0.05, 0.1) is 0 Å². The third kappa shape index (κ3) is 1.03.